The molecule has 14 heavy (non-hydrogen) atoms. The zero-order chi connectivity index (χ0) is 10.6. The van der Waals surface area contributed by atoms with Gasteiger partial charge in [0.1, 0.15) is 6.04 Å². The normalized spacial score (nSPS) is 12.4. The molecule has 1 unspecified atom stereocenters. The molecule has 3 N–H and O–H groups in total. The Morgan fingerprint density at radius 2 is 2.36 bits per heavy atom. The quantitative estimate of drug-likeness (QED) is 0.741. The molecule has 0 saturated carbocycles. The molecule has 0 saturated heterocycles. The monoisotopic (exact) mass is 194 g/mol. The second-order valence-electron chi connectivity index (χ2n) is 3.35. The van der Waals surface area contributed by atoms with E-state index in [-0.39, 0.29) is 0 Å². The van der Waals surface area contributed by atoms with Crippen LogP contribution in [0.4, 0.5) is 0 Å². The van der Waals surface area contributed by atoms with Crippen molar-refractivity contribution in [3.05, 3.63) is 29.6 Å². The van der Waals surface area contributed by atoms with Gasteiger partial charge in [-0.2, -0.15) is 0 Å². The number of aliphatic carboxylic acids is 1. The van der Waals surface area contributed by atoms with Crippen LogP contribution in [-0.4, -0.2) is 22.1 Å². The third-order valence-electron chi connectivity index (χ3n) is 1.99. The number of carboxylic acids is 1. The summed E-state index contributed by atoms with van der Waals surface area (Å²) < 4.78 is 0. The van der Waals surface area contributed by atoms with Crippen LogP contribution in [-0.2, 0) is 11.2 Å². The zero-order valence-electron chi connectivity index (χ0n) is 8.10. The highest BCUT2D eigenvalue weighted by molar-refractivity contribution is 5.73. The lowest BCUT2D eigenvalue weighted by atomic mass is 10.1. The Hall–Kier alpha value is -1.42. The van der Waals surface area contributed by atoms with Crippen LogP contribution < -0.4 is 5.73 Å². The molecule has 0 aliphatic heterocycles. The molecule has 1 heterocycles. The molecular formula is C10H14N2O2. The molecule has 0 spiro atoms. The number of carboxylic acid groups (broad SMARTS) is 1. The minimum Gasteiger partial charge on any atom is -0.480 e. The van der Waals surface area contributed by atoms with Gasteiger partial charge in [0.25, 0.3) is 0 Å². The number of aryl methyl sites for hydroxylation is 2. The molecule has 4 nitrogen and oxygen atoms in total. The van der Waals surface area contributed by atoms with Gasteiger partial charge in [-0.05, 0) is 30.9 Å². The predicted molar refractivity (Wildman–Crippen MR) is 52.9 cm³/mol. The maximum Gasteiger partial charge on any atom is 0.320 e. The predicted octanol–water partition coefficient (Wildman–Crippen LogP) is 0.735. The number of aromatic nitrogens is 1. The molecule has 0 radical (unpaired) electrons. The fourth-order valence-corrected chi connectivity index (χ4v) is 1.20. The van der Waals surface area contributed by atoms with Crippen LogP contribution in [0, 0.1) is 6.92 Å². The van der Waals surface area contributed by atoms with E-state index in [1.54, 1.807) is 12.4 Å². The Kier molecular flexibility index (Phi) is 3.59. The number of hydrogen-bond donors (Lipinski definition) is 2. The first-order chi connectivity index (χ1) is 6.59. The van der Waals surface area contributed by atoms with Gasteiger partial charge < -0.3 is 10.8 Å². The number of pyridine rings is 1. The Bertz CT molecular complexity index is 326. The fourth-order valence-electron chi connectivity index (χ4n) is 1.20. The second-order valence-corrected chi connectivity index (χ2v) is 3.35. The van der Waals surface area contributed by atoms with Gasteiger partial charge in [-0.1, -0.05) is 6.07 Å². The Labute approximate surface area is 82.8 Å². The van der Waals surface area contributed by atoms with Crippen molar-refractivity contribution >= 4 is 5.97 Å². The van der Waals surface area contributed by atoms with E-state index >= 15 is 0 Å². The molecule has 1 aromatic heterocycles. The van der Waals surface area contributed by atoms with Crippen molar-refractivity contribution in [1.82, 2.24) is 4.98 Å². The number of rotatable bonds is 4. The van der Waals surface area contributed by atoms with E-state index in [2.05, 4.69) is 4.98 Å². The molecule has 4 heteroatoms. The van der Waals surface area contributed by atoms with Gasteiger partial charge in [0.2, 0.25) is 0 Å². The molecule has 1 rings (SSSR count). The van der Waals surface area contributed by atoms with Crippen molar-refractivity contribution in [1.29, 1.82) is 0 Å². The lowest BCUT2D eigenvalue weighted by molar-refractivity contribution is -0.138. The van der Waals surface area contributed by atoms with Gasteiger partial charge in [-0.3, -0.25) is 9.78 Å². The lowest BCUT2D eigenvalue weighted by Gasteiger charge is -2.05. The number of nitrogens with zero attached hydrogens (tertiary/aromatic N) is 1. The minimum absolute atomic E-state index is 0.445. The lowest BCUT2D eigenvalue weighted by Crippen LogP contribution is -2.30. The van der Waals surface area contributed by atoms with Crippen LogP contribution in [0.3, 0.4) is 0 Å². The van der Waals surface area contributed by atoms with Crippen LogP contribution in [0.1, 0.15) is 17.5 Å². The van der Waals surface area contributed by atoms with Crippen LogP contribution in [0.25, 0.3) is 0 Å². The van der Waals surface area contributed by atoms with Gasteiger partial charge in [-0.15, -0.1) is 0 Å². The summed E-state index contributed by atoms with van der Waals surface area (Å²) in [7, 11) is 0. The third kappa shape index (κ3) is 3.14. The SMILES string of the molecule is Cc1cncc(CCC(N)C(=O)O)c1. The van der Waals surface area contributed by atoms with Crippen molar-refractivity contribution in [2.24, 2.45) is 5.73 Å². The van der Waals surface area contributed by atoms with Crippen molar-refractivity contribution in [3.8, 4) is 0 Å². The molecule has 0 bridgehead atoms. The molecule has 1 atom stereocenters. The van der Waals surface area contributed by atoms with Crippen molar-refractivity contribution in [2.75, 3.05) is 0 Å². The molecule has 0 aliphatic rings. The first kappa shape index (κ1) is 10.7. The first-order valence-electron chi connectivity index (χ1n) is 4.48. The first-order valence-corrected chi connectivity index (χ1v) is 4.48. The summed E-state index contributed by atoms with van der Waals surface area (Å²) in [4.78, 5) is 14.5. The van der Waals surface area contributed by atoms with E-state index in [4.69, 9.17) is 10.8 Å². The maximum absolute atomic E-state index is 10.4. The van der Waals surface area contributed by atoms with E-state index in [9.17, 15) is 4.79 Å². The van der Waals surface area contributed by atoms with E-state index < -0.39 is 12.0 Å². The van der Waals surface area contributed by atoms with Gasteiger partial charge in [0.05, 0.1) is 0 Å². The van der Waals surface area contributed by atoms with Gasteiger partial charge in [0.15, 0.2) is 0 Å². The zero-order valence-corrected chi connectivity index (χ0v) is 8.10. The highest BCUT2D eigenvalue weighted by atomic mass is 16.4. The van der Waals surface area contributed by atoms with Crippen molar-refractivity contribution in [3.63, 3.8) is 0 Å². The number of hydrogen-bond acceptors (Lipinski definition) is 3. The molecular weight excluding hydrogens is 180 g/mol. The summed E-state index contributed by atoms with van der Waals surface area (Å²) in [5.74, 6) is -0.953. The number of carbonyl (C=O) groups is 1. The van der Waals surface area contributed by atoms with Crippen molar-refractivity contribution in [2.45, 2.75) is 25.8 Å². The van der Waals surface area contributed by atoms with E-state index in [0.717, 1.165) is 11.1 Å². The Morgan fingerprint density at radius 1 is 1.64 bits per heavy atom. The largest absolute Gasteiger partial charge is 0.480 e. The average molecular weight is 194 g/mol. The Morgan fingerprint density at radius 3 is 2.93 bits per heavy atom. The van der Waals surface area contributed by atoms with Gasteiger partial charge in [-0.25, -0.2) is 0 Å². The van der Waals surface area contributed by atoms with Gasteiger partial charge in [0, 0.05) is 12.4 Å². The summed E-state index contributed by atoms with van der Waals surface area (Å²) in [5.41, 5.74) is 7.49. The summed E-state index contributed by atoms with van der Waals surface area (Å²) in [5, 5.41) is 8.57. The number of nitrogens with two attached hydrogens (primary N) is 1. The van der Waals surface area contributed by atoms with E-state index in [1.807, 2.05) is 13.0 Å². The topological polar surface area (TPSA) is 76.2 Å². The third-order valence-corrected chi connectivity index (χ3v) is 1.99. The maximum atomic E-state index is 10.4. The Balaban J connectivity index is 2.49. The highest BCUT2D eigenvalue weighted by Crippen LogP contribution is 2.05. The van der Waals surface area contributed by atoms with E-state index in [1.165, 1.54) is 0 Å². The summed E-state index contributed by atoms with van der Waals surface area (Å²) in [6.07, 6.45) is 4.60. The minimum atomic E-state index is -0.953. The van der Waals surface area contributed by atoms with Gasteiger partial charge >= 0.3 is 5.97 Å². The molecule has 0 aromatic carbocycles. The fraction of sp³-hybridized carbons (Fsp3) is 0.400. The summed E-state index contributed by atoms with van der Waals surface area (Å²) in [6.45, 7) is 1.95. The second kappa shape index (κ2) is 4.72. The van der Waals surface area contributed by atoms with Crippen LogP contribution >= 0.6 is 0 Å². The smallest absolute Gasteiger partial charge is 0.320 e. The summed E-state index contributed by atoms with van der Waals surface area (Å²) >= 11 is 0. The van der Waals surface area contributed by atoms with E-state index in [0.29, 0.717) is 12.8 Å². The highest BCUT2D eigenvalue weighted by Gasteiger charge is 2.10. The average Bonchev–Trinajstić information content (AvgIpc) is 2.14. The molecule has 0 fully saturated rings. The molecule has 0 amide bonds. The standard InChI is InChI=1S/C10H14N2O2/c1-7-4-8(6-12-5-7)2-3-9(11)10(13)14/h4-6,9H,2-3,11H2,1H3,(H,13,14). The van der Waals surface area contributed by atoms with Crippen LogP contribution in [0.2, 0.25) is 0 Å². The van der Waals surface area contributed by atoms with Crippen LogP contribution in [0.15, 0.2) is 18.5 Å². The molecule has 1 aromatic rings. The van der Waals surface area contributed by atoms with Crippen LogP contribution in [0.5, 0.6) is 0 Å². The molecule has 76 valence electrons. The van der Waals surface area contributed by atoms with Crippen molar-refractivity contribution < 1.29 is 9.90 Å². The summed E-state index contributed by atoms with van der Waals surface area (Å²) in [6, 6.07) is 1.21. The molecule has 0 aliphatic carbocycles.